The number of ether oxygens (including phenoxy) is 4. The first kappa shape index (κ1) is 13.4. The fraction of sp³-hybridized carbons (Fsp3) is 0.769. The molecule has 1 aliphatic heterocycles. The normalized spacial score (nSPS) is 32.5. The molecule has 5 heteroatoms. The van der Waals surface area contributed by atoms with Crippen LogP contribution in [0.15, 0.2) is 11.8 Å². The third-order valence-corrected chi connectivity index (χ3v) is 3.61. The van der Waals surface area contributed by atoms with E-state index < -0.39 is 17.5 Å². The molecule has 1 saturated heterocycles. The highest BCUT2D eigenvalue weighted by atomic mass is 16.9. The molecule has 1 aliphatic carbocycles. The standard InChI is InChI=1S/C13H20O5/c1-12(16-3)17-10(9-11(14)15-2)13(18-12)7-5-4-6-8-13/h9H,4-8H2,1-3H3/b10-9+. The van der Waals surface area contributed by atoms with Crippen molar-refractivity contribution in [1.29, 1.82) is 0 Å². The molecule has 0 aromatic heterocycles. The lowest BCUT2D eigenvalue weighted by atomic mass is 9.83. The number of hydrogen-bond donors (Lipinski definition) is 0. The fourth-order valence-electron chi connectivity index (χ4n) is 2.60. The Balaban J connectivity index is 2.29. The van der Waals surface area contributed by atoms with Crippen LogP contribution in [0, 0.1) is 0 Å². The Morgan fingerprint density at radius 1 is 1.28 bits per heavy atom. The highest BCUT2D eigenvalue weighted by Gasteiger charge is 2.53. The van der Waals surface area contributed by atoms with Crippen molar-refractivity contribution in [1.82, 2.24) is 0 Å². The van der Waals surface area contributed by atoms with Gasteiger partial charge in [0.1, 0.15) is 11.4 Å². The Hall–Kier alpha value is -1.07. The molecule has 1 spiro atoms. The molecule has 1 atom stereocenters. The van der Waals surface area contributed by atoms with E-state index in [1.54, 1.807) is 6.92 Å². The Bertz CT molecular complexity index is 356. The monoisotopic (exact) mass is 256 g/mol. The molecule has 1 unspecified atom stereocenters. The van der Waals surface area contributed by atoms with Gasteiger partial charge in [-0.2, -0.15) is 0 Å². The van der Waals surface area contributed by atoms with E-state index in [1.807, 2.05) is 0 Å². The molecule has 2 fully saturated rings. The lowest BCUT2D eigenvalue weighted by molar-refractivity contribution is -0.323. The molecule has 0 N–H and O–H groups in total. The van der Waals surface area contributed by atoms with E-state index >= 15 is 0 Å². The van der Waals surface area contributed by atoms with Crippen LogP contribution >= 0.6 is 0 Å². The third kappa shape index (κ3) is 2.37. The summed E-state index contributed by atoms with van der Waals surface area (Å²) in [6, 6.07) is 0. The second-order valence-corrected chi connectivity index (χ2v) is 4.86. The quantitative estimate of drug-likeness (QED) is 0.559. The van der Waals surface area contributed by atoms with E-state index in [9.17, 15) is 4.79 Å². The molecule has 0 amide bonds. The second kappa shape index (κ2) is 4.90. The van der Waals surface area contributed by atoms with Gasteiger partial charge in [-0.3, -0.25) is 0 Å². The summed E-state index contributed by atoms with van der Waals surface area (Å²) in [5.41, 5.74) is -0.531. The average molecular weight is 256 g/mol. The van der Waals surface area contributed by atoms with E-state index in [2.05, 4.69) is 4.74 Å². The zero-order valence-corrected chi connectivity index (χ0v) is 11.2. The molecule has 18 heavy (non-hydrogen) atoms. The number of methoxy groups -OCH3 is 2. The lowest BCUT2D eigenvalue weighted by Crippen LogP contribution is -2.37. The molecule has 5 nitrogen and oxygen atoms in total. The second-order valence-electron chi connectivity index (χ2n) is 4.86. The van der Waals surface area contributed by atoms with Crippen LogP contribution in [0.4, 0.5) is 0 Å². The first-order chi connectivity index (χ1) is 8.53. The minimum atomic E-state index is -1.11. The summed E-state index contributed by atoms with van der Waals surface area (Å²) in [4.78, 5) is 11.4. The molecule has 0 bridgehead atoms. The van der Waals surface area contributed by atoms with Crippen molar-refractivity contribution in [2.45, 2.75) is 50.6 Å². The maximum absolute atomic E-state index is 11.4. The molecule has 1 heterocycles. The molecule has 2 rings (SSSR count). The van der Waals surface area contributed by atoms with Crippen LogP contribution in [0.25, 0.3) is 0 Å². The number of rotatable bonds is 2. The van der Waals surface area contributed by atoms with E-state index in [0.717, 1.165) is 25.7 Å². The number of carbonyl (C=O) groups is 1. The molecule has 2 aliphatic rings. The molecular weight excluding hydrogens is 236 g/mol. The number of hydrogen-bond acceptors (Lipinski definition) is 5. The van der Waals surface area contributed by atoms with Crippen LogP contribution in [0.1, 0.15) is 39.0 Å². The summed E-state index contributed by atoms with van der Waals surface area (Å²) in [6.45, 7) is 1.71. The molecule has 0 aromatic carbocycles. The topological polar surface area (TPSA) is 54.0 Å². The maximum Gasteiger partial charge on any atom is 0.333 e. The highest BCUT2D eigenvalue weighted by molar-refractivity contribution is 5.82. The smallest absolute Gasteiger partial charge is 0.333 e. The van der Waals surface area contributed by atoms with Gasteiger partial charge in [0, 0.05) is 14.0 Å². The van der Waals surface area contributed by atoms with Crippen molar-refractivity contribution in [3.05, 3.63) is 11.8 Å². The summed E-state index contributed by atoms with van der Waals surface area (Å²) >= 11 is 0. The lowest BCUT2D eigenvalue weighted by Gasteiger charge is -2.32. The van der Waals surface area contributed by atoms with Gasteiger partial charge in [-0.25, -0.2) is 4.79 Å². The van der Waals surface area contributed by atoms with Gasteiger partial charge in [-0.1, -0.05) is 19.3 Å². The van der Waals surface area contributed by atoms with Crippen molar-refractivity contribution in [2.75, 3.05) is 14.2 Å². The van der Waals surface area contributed by atoms with Crippen LogP contribution in [0.2, 0.25) is 0 Å². The molecule has 0 aromatic rings. The average Bonchev–Trinajstić information content (AvgIpc) is 2.63. The van der Waals surface area contributed by atoms with Crippen molar-refractivity contribution in [3.63, 3.8) is 0 Å². The summed E-state index contributed by atoms with van der Waals surface area (Å²) in [7, 11) is 2.87. The Morgan fingerprint density at radius 2 is 1.94 bits per heavy atom. The Kier molecular flexibility index (Phi) is 3.64. The third-order valence-electron chi connectivity index (χ3n) is 3.61. The molecule has 102 valence electrons. The molecular formula is C13H20O5. The number of esters is 1. The Morgan fingerprint density at radius 3 is 2.50 bits per heavy atom. The van der Waals surface area contributed by atoms with Gasteiger partial charge in [0.15, 0.2) is 0 Å². The van der Waals surface area contributed by atoms with Crippen molar-refractivity contribution >= 4 is 5.97 Å². The van der Waals surface area contributed by atoms with Crippen molar-refractivity contribution in [2.24, 2.45) is 0 Å². The van der Waals surface area contributed by atoms with Gasteiger partial charge in [-0.05, 0) is 12.8 Å². The van der Waals surface area contributed by atoms with E-state index in [1.165, 1.54) is 26.7 Å². The summed E-state index contributed by atoms with van der Waals surface area (Å²) in [5, 5.41) is 0. The van der Waals surface area contributed by atoms with Crippen LogP contribution in [0.5, 0.6) is 0 Å². The zero-order chi connectivity index (χ0) is 13.2. The van der Waals surface area contributed by atoms with Gasteiger partial charge < -0.3 is 18.9 Å². The van der Waals surface area contributed by atoms with E-state index in [4.69, 9.17) is 14.2 Å². The van der Waals surface area contributed by atoms with Crippen LogP contribution in [-0.4, -0.2) is 31.8 Å². The van der Waals surface area contributed by atoms with E-state index in [0.29, 0.717) is 5.76 Å². The van der Waals surface area contributed by atoms with Gasteiger partial charge in [0.05, 0.1) is 13.2 Å². The fourth-order valence-corrected chi connectivity index (χ4v) is 2.60. The molecule has 1 saturated carbocycles. The predicted molar refractivity (Wildman–Crippen MR) is 63.5 cm³/mol. The first-order valence-corrected chi connectivity index (χ1v) is 6.28. The highest BCUT2D eigenvalue weighted by Crippen LogP contribution is 2.48. The molecule has 0 radical (unpaired) electrons. The van der Waals surface area contributed by atoms with Crippen LogP contribution in [-0.2, 0) is 23.7 Å². The summed E-state index contributed by atoms with van der Waals surface area (Å²) in [5.74, 6) is -1.02. The minimum Gasteiger partial charge on any atom is -0.466 e. The zero-order valence-electron chi connectivity index (χ0n) is 11.2. The van der Waals surface area contributed by atoms with Crippen molar-refractivity contribution < 1.29 is 23.7 Å². The van der Waals surface area contributed by atoms with Crippen LogP contribution in [0.3, 0.4) is 0 Å². The van der Waals surface area contributed by atoms with Gasteiger partial charge in [0.25, 0.3) is 0 Å². The largest absolute Gasteiger partial charge is 0.466 e. The van der Waals surface area contributed by atoms with Gasteiger partial charge >= 0.3 is 11.9 Å². The number of carbonyl (C=O) groups excluding carboxylic acids is 1. The predicted octanol–water partition coefficient (Wildman–Crippen LogP) is 2.11. The summed E-state index contributed by atoms with van der Waals surface area (Å²) < 4.78 is 21.5. The van der Waals surface area contributed by atoms with Crippen molar-refractivity contribution in [3.8, 4) is 0 Å². The van der Waals surface area contributed by atoms with Gasteiger partial charge in [0.2, 0.25) is 0 Å². The van der Waals surface area contributed by atoms with E-state index in [-0.39, 0.29) is 0 Å². The first-order valence-electron chi connectivity index (χ1n) is 6.28. The Labute approximate surface area is 107 Å². The summed E-state index contributed by atoms with van der Waals surface area (Å²) in [6.07, 6.45) is 6.35. The van der Waals surface area contributed by atoms with Gasteiger partial charge in [-0.15, -0.1) is 0 Å². The van der Waals surface area contributed by atoms with Crippen LogP contribution < -0.4 is 0 Å². The maximum atomic E-state index is 11.4. The SMILES string of the molecule is COC(=O)/C=C1/OC(C)(OC)OC12CCCCC2. The minimum absolute atomic E-state index is 0.432.